The molecule has 3 aromatic carbocycles. The third-order valence-corrected chi connectivity index (χ3v) is 4.68. The van der Waals surface area contributed by atoms with Crippen molar-refractivity contribution in [3.05, 3.63) is 77.4 Å². The van der Waals surface area contributed by atoms with Crippen molar-refractivity contribution in [2.45, 2.75) is 19.8 Å². The van der Waals surface area contributed by atoms with Gasteiger partial charge in [-0.15, -0.1) is 13.2 Å². The Labute approximate surface area is 164 Å². The van der Waals surface area contributed by atoms with Gasteiger partial charge in [0, 0.05) is 22.9 Å². The Morgan fingerprint density at radius 3 is 2.62 bits per heavy atom. The van der Waals surface area contributed by atoms with Crippen LogP contribution in [0, 0.1) is 13.0 Å². The number of fused-ring (bicyclic) bond motifs is 3. The molecular formula is C22H16F3N2O2. The Morgan fingerprint density at radius 1 is 1.14 bits per heavy atom. The number of aryl methyl sites for hydroxylation is 1. The summed E-state index contributed by atoms with van der Waals surface area (Å²) in [6.45, 7) is 2.21. The number of aromatic nitrogens is 1. The summed E-state index contributed by atoms with van der Waals surface area (Å²) in [6, 6.07) is 18.0. The smallest absolute Gasteiger partial charge is 0.406 e. The summed E-state index contributed by atoms with van der Waals surface area (Å²) in [5.41, 5.74) is 9.09. The van der Waals surface area contributed by atoms with Crippen molar-refractivity contribution in [1.29, 1.82) is 0 Å². The zero-order valence-electron chi connectivity index (χ0n) is 15.4. The Kier molecular flexibility index (Phi) is 4.45. The van der Waals surface area contributed by atoms with Crippen LogP contribution in [0.25, 0.3) is 21.8 Å². The summed E-state index contributed by atoms with van der Waals surface area (Å²) in [6.07, 6.45) is -4.76. The fourth-order valence-electron chi connectivity index (χ4n) is 3.56. The third-order valence-electron chi connectivity index (χ3n) is 4.68. The van der Waals surface area contributed by atoms with Crippen LogP contribution in [0.5, 0.6) is 5.75 Å². The molecule has 0 aliphatic rings. The largest absolute Gasteiger partial charge is 0.573 e. The molecule has 147 valence electrons. The standard InChI is InChI=1S/C22H16F3N2O2/c1-13-8-9-16-19(10-13)27(18-7-3-6-17(20(16)18)21(26)28)12-14-4-2-5-15(11-14)29-22(23,24)25/h2-8,10-11H,12H2,1H3,(H2,26,28). The summed E-state index contributed by atoms with van der Waals surface area (Å²) in [4.78, 5) is 11.9. The molecule has 0 unspecified atom stereocenters. The molecule has 4 nitrogen and oxygen atoms in total. The lowest BCUT2D eigenvalue weighted by Crippen LogP contribution is -2.17. The Bertz CT molecular complexity index is 1240. The molecule has 1 radical (unpaired) electrons. The van der Waals surface area contributed by atoms with Gasteiger partial charge < -0.3 is 15.0 Å². The Hall–Kier alpha value is -3.48. The highest BCUT2D eigenvalue weighted by Crippen LogP contribution is 2.33. The molecule has 4 rings (SSSR count). The number of hydrogen-bond acceptors (Lipinski definition) is 2. The lowest BCUT2D eigenvalue weighted by molar-refractivity contribution is -0.274. The van der Waals surface area contributed by atoms with Crippen molar-refractivity contribution in [3.8, 4) is 5.75 Å². The number of amides is 1. The number of nitrogens with two attached hydrogens (primary N) is 1. The van der Waals surface area contributed by atoms with E-state index in [1.807, 2.05) is 29.7 Å². The van der Waals surface area contributed by atoms with Gasteiger partial charge in [-0.05, 0) is 54.4 Å². The first-order valence-electron chi connectivity index (χ1n) is 8.81. The van der Waals surface area contributed by atoms with E-state index in [0.717, 1.165) is 22.0 Å². The van der Waals surface area contributed by atoms with Gasteiger partial charge in [-0.3, -0.25) is 4.79 Å². The summed E-state index contributed by atoms with van der Waals surface area (Å²) in [5, 5.41) is 1.42. The number of alkyl halides is 3. The molecule has 0 saturated carbocycles. The van der Waals surface area contributed by atoms with E-state index in [0.29, 0.717) is 16.5 Å². The highest BCUT2D eigenvalue weighted by molar-refractivity contribution is 6.17. The fraction of sp³-hybridized carbons (Fsp3) is 0.136. The lowest BCUT2D eigenvalue weighted by atomic mass is 10.1. The number of hydrogen-bond donors (Lipinski definition) is 1. The predicted molar refractivity (Wildman–Crippen MR) is 104 cm³/mol. The van der Waals surface area contributed by atoms with Gasteiger partial charge in [0.05, 0.1) is 11.0 Å². The molecule has 2 N–H and O–H groups in total. The number of ether oxygens (including phenoxy) is 1. The zero-order chi connectivity index (χ0) is 20.8. The fourth-order valence-corrected chi connectivity index (χ4v) is 3.56. The van der Waals surface area contributed by atoms with Gasteiger partial charge >= 0.3 is 6.36 Å². The van der Waals surface area contributed by atoms with Crippen LogP contribution in [0.15, 0.2) is 54.6 Å². The van der Waals surface area contributed by atoms with Crippen LogP contribution in [0.4, 0.5) is 13.2 Å². The molecule has 0 saturated heterocycles. The van der Waals surface area contributed by atoms with E-state index in [-0.39, 0.29) is 12.3 Å². The second-order valence-electron chi connectivity index (χ2n) is 6.78. The number of primary amides is 1. The first-order valence-corrected chi connectivity index (χ1v) is 8.81. The number of rotatable bonds is 4. The van der Waals surface area contributed by atoms with E-state index < -0.39 is 12.3 Å². The van der Waals surface area contributed by atoms with Crippen molar-refractivity contribution in [2.24, 2.45) is 5.73 Å². The van der Waals surface area contributed by atoms with Gasteiger partial charge in [-0.1, -0.05) is 24.3 Å². The van der Waals surface area contributed by atoms with Crippen LogP contribution in [0.1, 0.15) is 21.5 Å². The molecule has 0 aliphatic heterocycles. The molecule has 4 aromatic rings. The Balaban J connectivity index is 1.90. The summed E-state index contributed by atoms with van der Waals surface area (Å²) in [5.74, 6) is -0.833. The van der Waals surface area contributed by atoms with Crippen molar-refractivity contribution >= 4 is 27.7 Å². The number of benzene rings is 3. The maximum atomic E-state index is 12.6. The first kappa shape index (κ1) is 18.9. The minimum atomic E-state index is -4.76. The normalized spacial score (nSPS) is 11.9. The van der Waals surface area contributed by atoms with Crippen LogP contribution in [-0.2, 0) is 6.54 Å². The predicted octanol–water partition coefficient (Wildman–Crippen LogP) is 4.95. The second kappa shape index (κ2) is 6.84. The third kappa shape index (κ3) is 3.63. The highest BCUT2D eigenvalue weighted by Gasteiger charge is 2.31. The molecule has 0 spiro atoms. The molecular weight excluding hydrogens is 381 g/mol. The summed E-state index contributed by atoms with van der Waals surface area (Å²) >= 11 is 0. The van der Waals surface area contributed by atoms with Gasteiger partial charge in [-0.25, -0.2) is 0 Å². The summed E-state index contributed by atoms with van der Waals surface area (Å²) < 4.78 is 43.6. The van der Waals surface area contributed by atoms with E-state index in [2.05, 4.69) is 10.8 Å². The monoisotopic (exact) mass is 397 g/mol. The van der Waals surface area contributed by atoms with Crippen LogP contribution in [-0.4, -0.2) is 16.8 Å². The van der Waals surface area contributed by atoms with Crippen molar-refractivity contribution in [3.63, 3.8) is 0 Å². The molecule has 0 atom stereocenters. The van der Waals surface area contributed by atoms with Crippen LogP contribution in [0.3, 0.4) is 0 Å². The molecule has 7 heteroatoms. The molecule has 0 bridgehead atoms. The molecule has 1 aromatic heterocycles. The van der Waals surface area contributed by atoms with E-state index in [1.165, 1.54) is 18.2 Å². The zero-order valence-corrected chi connectivity index (χ0v) is 15.4. The van der Waals surface area contributed by atoms with E-state index in [4.69, 9.17) is 5.73 Å². The molecule has 0 fully saturated rings. The van der Waals surface area contributed by atoms with Gasteiger partial charge in [0.15, 0.2) is 0 Å². The van der Waals surface area contributed by atoms with E-state index in [9.17, 15) is 18.0 Å². The lowest BCUT2D eigenvalue weighted by Gasteiger charge is -2.12. The number of carbonyl (C=O) groups is 1. The van der Waals surface area contributed by atoms with Crippen LogP contribution < -0.4 is 10.5 Å². The van der Waals surface area contributed by atoms with Crippen molar-refractivity contribution < 1.29 is 22.7 Å². The van der Waals surface area contributed by atoms with Crippen LogP contribution in [0.2, 0.25) is 0 Å². The molecule has 29 heavy (non-hydrogen) atoms. The maximum Gasteiger partial charge on any atom is 0.573 e. The SMILES string of the molecule is Cc1c[c]c2c3c(C(N)=O)cccc3n(Cc3cccc(OC(F)(F)F)c3)c2c1. The van der Waals surface area contributed by atoms with Crippen LogP contribution >= 0.6 is 0 Å². The van der Waals surface area contributed by atoms with Gasteiger partial charge in [0.2, 0.25) is 5.91 Å². The first-order chi connectivity index (χ1) is 13.7. The quantitative estimate of drug-likeness (QED) is 0.530. The highest BCUT2D eigenvalue weighted by atomic mass is 19.4. The van der Waals surface area contributed by atoms with Crippen molar-refractivity contribution in [2.75, 3.05) is 0 Å². The van der Waals surface area contributed by atoms with Gasteiger partial charge in [0.1, 0.15) is 5.75 Å². The topological polar surface area (TPSA) is 57.2 Å². The maximum absolute atomic E-state index is 12.6. The number of halogens is 3. The minimum Gasteiger partial charge on any atom is -0.406 e. The molecule has 1 heterocycles. The molecule has 0 aliphatic carbocycles. The summed E-state index contributed by atoms with van der Waals surface area (Å²) in [7, 11) is 0. The Morgan fingerprint density at radius 2 is 1.90 bits per heavy atom. The number of nitrogens with zero attached hydrogens (tertiary/aromatic N) is 1. The van der Waals surface area contributed by atoms with Crippen molar-refractivity contribution in [1.82, 2.24) is 4.57 Å². The van der Waals surface area contributed by atoms with E-state index in [1.54, 1.807) is 18.2 Å². The number of carbonyl (C=O) groups excluding carboxylic acids is 1. The average Bonchev–Trinajstić information content (AvgIpc) is 2.94. The second-order valence-corrected chi connectivity index (χ2v) is 6.78. The van der Waals surface area contributed by atoms with Gasteiger partial charge in [0.25, 0.3) is 0 Å². The van der Waals surface area contributed by atoms with E-state index >= 15 is 0 Å². The van der Waals surface area contributed by atoms with Gasteiger partial charge in [-0.2, -0.15) is 0 Å². The minimum absolute atomic E-state index is 0.281. The molecule has 1 amide bonds. The average molecular weight is 397 g/mol.